The summed E-state index contributed by atoms with van der Waals surface area (Å²) >= 11 is 0. The standard InChI is InChI=1S/C12H23N3O2/c1-5-16-12(3,4)11-14-10(17-15-11)8-6-7-9(2)13/h9H,5-8,13H2,1-4H3. The molecule has 1 heterocycles. The summed E-state index contributed by atoms with van der Waals surface area (Å²) in [5.41, 5.74) is 5.20. The monoisotopic (exact) mass is 241 g/mol. The number of ether oxygens (including phenoxy) is 1. The molecule has 0 amide bonds. The van der Waals surface area contributed by atoms with Crippen molar-refractivity contribution in [2.75, 3.05) is 6.61 Å². The molecular formula is C12H23N3O2. The van der Waals surface area contributed by atoms with E-state index < -0.39 is 5.60 Å². The molecule has 5 nitrogen and oxygen atoms in total. The molecule has 0 aliphatic heterocycles. The van der Waals surface area contributed by atoms with Crippen molar-refractivity contribution in [3.05, 3.63) is 11.7 Å². The fourth-order valence-electron chi connectivity index (χ4n) is 1.60. The predicted octanol–water partition coefficient (Wildman–Crippen LogP) is 2.01. The lowest BCUT2D eigenvalue weighted by Gasteiger charge is -2.19. The van der Waals surface area contributed by atoms with Crippen molar-refractivity contribution in [2.45, 2.75) is 58.6 Å². The second kappa shape index (κ2) is 6.12. The summed E-state index contributed by atoms with van der Waals surface area (Å²) in [6.07, 6.45) is 2.71. The van der Waals surface area contributed by atoms with Gasteiger partial charge in [-0.3, -0.25) is 0 Å². The van der Waals surface area contributed by atoms with Gasteiger partial charge in [0.15, 0.2) is 0 Å². The molecule has 0 spiro atoms. The van der Waals surface area contributed by atoms with Crippen LogP contribution in [0, 0.1) is 0 Å². The van der Waals surface area contributed by atoms with Gasteiger partial charge in [0.05, 0.1) is 0 Å². The molecular weight excluding hydrogens is 218 g/mol. The van der Waals surface area contributed by atoms with Gasteiger partial charge in [-0.05, 0) is 40.5 Å². The first-order valence-electron chi connectivity index (χ1n) is 6.18. The van der Waals surface area contributed by atoms with E-state index in [4.69, 9.17) is 15.0 Å². The van der Waals surface area contributed by atoms with E-state index in [-0.39, 0.29) is 6.04 Å². The molecule has 1 atom stereocenters. The third-order valence-electron chi connectivity index (χ3n) is 2.56. The Hall–Kier alpha value is -0.940. The lowest BCUT2D eigenvalue weighted by molar-refractivity contribution is -0.0221. The summed E-state index contributed by atoms with van der Waals surface area (Å²) in [5.74, 6) is 1.27. The van der Waals surface area contributed by atoms with Crippen LogP contribution >= 0.6 is 0 Å². The van der Waals surface area contributed by atoms with Crippen molar-refractivity contribution in [3.8, 4) is 0 Å². The highest BCUT2D eigenvalue weighted by atomic mass is 16.5. The van der Waals surface area contributed by atoms with Gasteiger partial charge in [-0.2, -0.15) is 4.98 Å². The van der Waals surface area contributed by atoms with E-state index in [1.807, 2.05) is 27.7 Å². The van der Waals surface area contributed by atoms with Gasteiger partial charge in [0.2, 0.25) is 11.7 Å². The minimum absolute atomic E-state index is 0.220. The maximum Gasteiger partial charge on any atom is 0.226 e. The third kappa shape index (κ3) is 4.44. The first-order chi connectivity index (χ1) is 7.95. The Morgan fingerprint density at radius 3 is 2.76 bits per heavy atom. The number of nitrogens with two attached hydrogens (primary N) is 1. The molecule has 0 aromatic carbocycles. The second-order valence-corrected chi connectivity index (χ2v) is 4.82. The minimum Gasteiger partial charge on any atom is -0.368 e. The average molecular weight is 241 g/mol. The van der Waals surface area contributed by atoms with Crippen LogP contribution in [-0.2, 0) is 16.8 Å². The molecule has 1 aromatic heterocycles. The number of hydrogen-bond donors (Lipinski definition) is 1. The van der Waals surface area contributed by atoms with Crippen LogP contribution in [0.2, 0.25) is 0 Å². The van der Waals surface area contributed by atoms with Crippen molar-refractivity contribution < 1.29 is 9.26 Å². The molecule has 0 aliphatic rings. The average Bonchev–Trinajstić information content (AvgIpc) is 2.66. The van der Waals surface area contributed by atoms with Gasteiger partial charge in [0.1, 0.15) is 5.60 Å². The second-order valence-electron chi connectivity index (χ2n) is 4.82. The number of nitrogens with zero attached hydrogens (tertiary/aromatic N) is 2. The van der Waals surface area contributed by atoms with Crippen molar-refractivity contribution in [3.63, 3.8) is 0 Å². The van der Waals surface area contributed by atoms with Gasteiger partial charge in [-0.15, -0.1) is 0 Å². The van der Waals surface area contributed by atoms with Crippen LogP contribution in [0.25, 0.3) is 0 Å². The predicted molar refractivity (Wildman–Crippen MR) is 65.5 cm³/mol. The summed E-state index contributed by atoms with van der Waals surface area (Å²) in [5, 5.41) is 3.96. The molecule has 0 aliphatic carbocycles. The highest BCUT2D eigenvalue weighted by Gasteiger charge is 2.26. The summed E-state index contributed by atoms with van der Waals surface area (Å²) in [6.45, 7) is 8.45. The number of aromatic nitrogens is 2. The van der Waals surface area contributed by atoms with Crippen LogP contribution in [0.1, 0.15) is 52.3 Å². The molecule has 5 heteroatoms. The number of hydrogen-bond acceptors (Lipinski definition) is 5. The molecule has 0 bridgehead atoms. The zero-order valence-corrected chi connectivity index (χ0v) is 11.2. The maximum atomic E-state index is 5.68. The molecule has 0 saturated heterocycles. The van der Waals surface area contributed by atoms with Gasteiger partial charge in [0, 0.05) is 19.1 Å². The lowest BCUT2D eigenvalue weighted by atomic mass is 10.1. The zero-order valence-electron chi connectivity index (χ0n) is 11.2. The Labute approximate surface area is 103 Å². The van der Waals surface area contributed by atoms with Gasteiger partial charge in [-0.1, -0.05) is 5.16 Å². The minimum atomic E-state index is -0.488. The normalized spacial score (nSPS) is 13.9. The van der Waals surface area contributed by atoms with Gasteiger partial charge in [0.25, 0.3) is 0 Å². The van der Waals surface area contributed by atoms with Crippen LogP contribution < -0.4 is 5.73 Å². The number of rotatable bonds is 7. The molecule has 2 N–H and O–H groups in total. The molecule has 0 radical (unpaired) electrons. The quantitative estimate of drug-likeness (QED) is 0.790. The van der Waals surface area contributed by atoms with Gasteiger partial charge < -0.3 is 15.0 Å². The van der Waals surface area contributed by atoms with Crippen molar-refractivity contribution in [1.82, 2.24) is 10.1 Å². The Morgan fingerprint density at radius 1 is 1.47 bits per heavy atom. The first kappa shape index (κ1) is 14.1. The molecule has 1 aromatic rings. The van der Waals surface area contributed by atoms with Crippen LogP contribution in [0.15, 0.2) is 4.52 Å². The van der Waals surface area contributed by atoms with E-state index in [0.717, 1.165) is 19.3 Å². The van der Waals surface area contributed by atoms with E-state index in [2.05, 4.69) is 10.1 Å². The Morgan fingerprint density at radius 2 is 2.18 bits per heavy atom. The fraction of sp³-hybridized carbons (Fsp3) is 0.833. The SMILES string of the molecule is CCOC(C)(C)c1noc(CCCC(C)N)n1. The molecule has 0 fully saturated rings. The summed E-state index contributed by atoms with van der Waals surface area (Å²) in [4.78, 5) is 4.35. The van der Waals surface area contributed by atoms with Crippen LogP contribution in [0.3, 0.4) is 0 Å². The highest BCUT2D eigenvalue weighted by Crippen LogP contribution is 2.21. The molecule has 1 rings (SSSR count). The van der Waals surface area contributed by atoms with Crippen LogP contribution in [-0.4, -0.2) is 22.8 Å². The van der Waals surface area contributed by atoms with E-state index in [9.17, 15) is 0 Å². The van der Waals surface area contributed by atoms with E-state index in [0.29, 0.717) is 18.3 Å². The van der Waals surface area contributed by atoms with E-state index in [1.54, 1.807) is 0 Å². The van der Waals surface area contributed by atoms with Crippen molar-refractivity contribution in [2.24, 2.45) is 5.73 Å². The van der Waals surface area contributed by atoms with Crippen LogP contribution in [0.4, 0.5) is 0 Å². The van der Waals surface area contributed by atoms with E-state index >= 15 is 0 Å². The smallest absolute Gasteiger partial charge is 0.226 e. The summed E-state index contributed by atoms with van der Waals surface area (Å²) in [7, 11) is 0. The summed E-state index contributed by atoms with van der Waals surface area (Å²) in [6, 6.07) is 0.220. The lowest BCUT2D eigenvalue weighted by Crippen LogP contribution is -2.23. The number of aryl methyl sites for hydroxylation is 1. The maximum absolute atomic E-state index is 5.68. The Balaban J connectivity index is 2.53. The molecule has 1 unspecified atom stereocenters. The first-order valence-corrected chi connectivity index (χ1v) is 6.18. The fourth-order valence-corrected chi connectivity index (χ4v) is 1.60. The van der Waals surface area contributed by atoms with E-state index in [1.165, 1.54) is 0 Å². The largest absolute Gasteiger partial charge is 0.368 e. The van der Waals surface area contributed by atoms with Crippen LogP contribution in [0.5, 0.6) is 0 Å². The van der Waals surface area contributed by atoms with Gasteiger partial charge >= 0.3 is 0 Å². The molecule has 17 heavy (non-hydrogen) atoms. The molecule has 0 saturated carbocycles. The molecule has 98 valence electrons. The van der Waals surface area contributed by atoms with Gasteiger partial charge in [-0.25, -0.2) is 0 Å². The van der Waals surface area contributed by atoms with Crippen molar-refractivity contribution in [1.29, 1.82) is 0 Å². The topological polar surface area (TPSA) is 74.2 Å². The third-order valence-corrected chi connectivity index (χ3v) is 2.56. The zero-order chi connectivity index (χ0) is 12.9. The van der Waals surface area contributed by atoms with Crippen molar-refractivity contribution >= 4 is 0 Å². The Kier molecular flexibility index (Phi) is 5.08. The highest BCUT2D eigenvalue weighted by molar-refractivity contribution is 4.97. The Bertz CT molecular complexity index is 334. The summed E-state index contributed by atoms with van der Waals surface area (Å²) < 4.78 is 10.8.